The number of hydrogen-bond acceptors (Lipinski definition) is 3. The van der Waals surface area contributed by atoms with E-state index in [1.807, 2.05) is 6.92 Å². The van der Waals surface area contributed by atoms with Crippen molar-refractivity contribution in [2.45, 2.75) is 19.4 Å². The Labute approximate surface area is 103 Å². The molecule has 0 saturated heterocycles. The fourth-order valence-corrected chi connectivity index (χ4v) is 1.57. The second kappa shape index (κ2) is 5.77. The number of anilines is 1. The lowest BCUT2D eigenvalue weighted by Gasteiger charge is -2.11. The van der Waals surface area contributed by atoms with Crippen molar-refractivity contribution in [2.24, 2.45) is 5.73 Å². The number of halogens is 1. The van der Waals surface area contributed by atoms with E-state index in [1.54, 1.807) is 18.2 Å². The summed E-state index contributed by atoms with van der Waals surface area (Å²) in [6, 6.07) is 2.98. The van der Waals surface area contributed by atoms with Gasteiger partial charge >= 0.3 is 0 Å². The average Bonchev–Trinajstić information content (AvgIpc) is 2.22. The molecule has 0 radical (unpaired) electrons. The molecule has 0 aliphatic heterocycles. The Balaban J connectivity index is 2.73. The van der Waals surface area contributed by atoms with Gasteiger partial charge in [0, 0.05) is 0 Å². The third-order valence-corrected chi connectivity index (χ3v) is 2.51. The van der Waals surface area contributed by atoms with Crippen LogP contribution < -0.4 is 11.1 Å². The predicted molar refractivity (Wildman–Crippen MR) is 68.1 cm³/mol. The number of aromatic nitrogens is 1. The van der Waals surface area contributed by atoms with Gasteiger partial charge in [0.2, 0.25) is 5.91 Å². The maximum atomic E-state index is 11.6. The monoisotopic (exact) mass is 283 g/mol. The highest BCUT2D eigenvalue weighted by Crippen LogP contribution is 2.16. The van der Waals surface area contributed by atoms with Gasteiger partial charge in [-0.3, -0.25) is 4.79 Å². The van der Waals surface area contributed by atoms with Crippen LogP contribution in [0, 0.1) is 6.92 Å². The SMILES string of the molecule is C=CCC(N)C(=O)Nc1ccc(Br)nc1C. The molecule has 16 heavy (non-hydrogen) atoms. The summed E-state index contributed by atoms with van der Waals surface area (Å²) in [5.41, 5.74) is 7.06. The minimum absolute atomic E-state index is 0.230. The molecule has 1 unspecified atom stereocenters. The highest BCUT2D eigenvalue weighted by Gasteiger charge is 2.12. The summed E-state index contributed by atoms with van der Waals surface area (Å²) in [6.07, 6.45) is 2.08. The lowest BCUT2D eigenvalue weighted by Crippen LogP contribution is -2.35. The highest BCUT2D eigenvalue weighted by atomic mass is 79.9. The summed E-state index contributed by atoms with van der Waals surface area (Å²) in [6.45, 7) is 5.36. The van der Waals surface area contributed by atoms with Crippen molar-refractivity contribution in [2.75, 3.05) is 5.32 Å². The fourth-order valence-electron chi connectivity index (χ4n) is 1.17. The Morgan fingerprint density at radius 3 is 3.00 bits per heavy atom. The molecule has 0 aromatic carbocycles. The second-order valence-electron chi connectivity index (χ2n) is 3.39. The van der Waals surface area contributed by atoms with E-state index in [0.29, 0.717) is 12.1 Å². The molecule has 3 N–H and O–H groups in total. The molecule has 5 heteroatoms. The van der Waals surface area contributed by atoms with Crippen LogP contribution in [0.15, 0.2) is 29.4 Å². The van der Waals surface area contributed by atoms with Gasteiger partial charge in [-0.05, 0) is 41.4 Å². The Hall–Kier alpha value is -1.20. The number of aryl methyl sites for hydroxylation is 1. The predicted octanol–water partition coefficient (Wildman–Crippen LogP) is 1.99. The Morgan fingerprint density at radius 2 is 2.44 bits per heavy atom. The maximum absolute atomic E-state index is 11.6. The summed E-state index contributed by atoms with van der Waals surface area (Å²) < 4.78 is 0.735. The number of hydrogen-bond donors (Lipinski definition) is 2. The fraction of sp³-hybridized carbons (Fsp3) is 0.273. The number of nitrogens with two attached hydrogens (primary N) is 1. The topological polar surface area (TPSA) is 68.0 Å². The van der Waals surface area contributed by atoms with Crippen LogP contribution in [0.1, 0.15) is 12.1 Å². The number of carbonyl (C=O) groups is 1. The third kappa shape index (κ3) is 3.43. The van der Waals surface area contributed by atoms with Crippen LogP contribution in [-0.4, -0.2) is 16.9 Å². The van der Waals surface area contributed by atoms with Gasteiger partial charge in [-0.15, -0.1) is 6.58 Å². The van der Waals surface area contributed by atoms with Gasteiger partial charge < -0.3 is 11.1 Å². The van der Waals surface area contributed by atoms with Gasteiger partial charge in [0.15, 0.2) is 0 Å². The number of nitrogens with one attached hydrogen (secondary N) is 1. The molecule has 0 aliphatic carbocycles. The summed E-state index contributed by atoms with van der Waals surface area (Å²) in [5, 5.41) is 2.73. The van der Waals surface area contributed by atoms with Crippen LogP contribution in [0.25, 0.3) is 0 Å². The zero-order valence-corrected chi connectivity index (χ0v) is 10.6. The average molecular weight is 284 g/mol. The van der Waals surface area contributed by atoms with Gasteiger partial charge in [0.05, 0.1) is 17.4 Å². The largest absolute Gasteiger partial charge is 0.323 e. The molecule has 1 amide bonds. The van der Waals surface area contributed by atoms with E-state index < -0.39 is 6.04 Å². The summed E-state index contributed by atoms with van der Waals surface area (Å²) in [4.78, 5) is 15.8. The van der Waals surface area contributed by atoms with Crippen molar-refractivity contribution in [1.82, 2.24) is 4.98 Å². The third-order valence-electron chi connectivity index (χ3n) is 2.07. The normalized spacial score (nSPS) is 11.9. The summed E-state index contributed by atoms with van der Waals surface area (Å²) in [5.74, 6) is -0.230. The molecule has 1 rings (SSSR count). The Morgan fingerprint density at radius 1 is 1.75 bits per heavy atom. The van der Waals surface area contributed by atoms with E-state index in [2.05, 4.69) is 32.8 Å². The van der Waals surface area contributed by atoms with Gasteiger partial charge in [0.25, 0.3) is 0 Å². The molecule has 1 heterocycles. The number of carbonyl (C=O) groups excluding carboxylic acids is 1. The van der Waals surface area contributed by atoms with Crippen molar-refractivity contribution in [3.05, 3.63) is 35.1 Å². The van der Waals surface area contributed by atoms with Gasteiger partial charge in [-0.1, -0.05) is 6.08 Å². The minimum atomic E-state index is -0.569. The van der Waals surface area contributed by atoms with Crippen LogP contribution in [0.4, 0.5) is 5.69 Å². The first-order chi connectivity index (χ1) is 7.54. The van der Waals surface area contributed by atoms with E-state index in [-0.39, 0.29) is 5.91 Å². The molecular weight excluding hydrogens is 270 g/mol. The van der Waals surface area contributed by atoms with Gasteiger partial charge in [-0.25, -0.2) is 4.98 Å². The molecule has 4 nitrogen and oxygen atoms in total. The maximum Gasteiger partial charge on any atom is 0.241 e. The van der Waals surface area contributed by atoms with Crippen LogP contribution in [0.3, 0.4) is 0 Å². The lowest BCUT2D eigenvalue weighted by atomic mass is 10.2. The van der Waals surface area contributed by atoms with Crippen molar-refractivity contribution in [1.29, 1.82) is 0 Å². The molecule has 0 aliphatic rings. The molecule has 1 aromatic heterocycles. The molecule has 1 atom stereocenters. The quantitative estimate of drug-likeness (QED) is 0.656. The zero-order chi connectivity index (χ0) is 12.1. The first-order valence-electron chi connectivity index (χ1n) is 4.85. The molecular formula is C11H14BrN3O. The van der Waals surface area contributed by atoms with Crippen LogP contribution >= 0.6 is 15.9 Å². The standard InChI is InChI=1S/C11H14BrN3O/c1-3-4-8(13)11(16)15-9-5-6-10(12)14-7(9)2/h3,5-6,8H,1,4,13H2,2H3,(H,15,16). The van der Waals surface area contributed by atoms with Crippen molar-refractivity contribution < 1.29 is 4.79 Å². The van der Waals surface area contributed by atoms with Gasteiger partial charge in [-0.2, -0.15) is 0 Å². The van der Waals surface area contributed by atoms with E-state index in [0.717, 1.165) is 10.3 Å². The van der Waals surface area contributed by atoms with E-state index >= 15 is 0 Å². The van der Waals surface area contributed by atoms with E-state index in [1.165, 1.54) is 0 Å². The van der Waals surface area contributed by atoms with Crippen molar-refractivity contribution >= 4 is 27.5 Å². The molecule has 86 valence electrons. The number of pyridine rings is 1. The molecule has 1 aromatic rings. The molecule has 0 fully saturated rings. The Bertz CT molecular complexity index is 406. The van der Waals surface area contributed by atoms with E-state index in [9.17, 15) is 4.79 Å². The number of rotatable bonds is 4. The van der Waals surface area contributed by atoms with Gasteiger partial charge in [0.1, 0.15) is 4.60 Å². The molecule has 0 saturated carbocycles. The van der Waals surface area contributed by atoms with Crippen molar-refractivity contribution in [3.8, 4) is 0 Å². The number of nitrogens with zero attached hydrogens (tertiary/aromatic N) is 1. The van der Waals surface area contributed by atoms with Crippen molar-refractivity contribution in [3.63, 3.8) is 0 Å². The second-order valence-corrected chi connectivity index (χ2v) is 4.20. The van der Waals surface area contributed by atoms with Crippen LogP contribution in [0.5, 0.6) is 0 Å². The lowest BCUT2D eigenvalue weighted by molar-refractivity contribution is -0.117. The highest BCUT2D eigenvalue weighted by molar-refractivity contribution is 9.10. The van der Waals surface area contributed by atoms with Crippen LogP contribution in [0.2, 0.25) is 0 Å². The van der Waals surface area contributed by atoms with Crippen LogP contribution in [-0.2, 0) is 4.79 Å². The summed E-state index contributed by atoms with van der Waals surface area (Å²) in [7, 11) is 0. The molecule has 0 bridgehead atoms. The Kier molecular flexibility index (Phi) is 4.64. The molecule has 0 spiro atoms. The minimum Gasteiger partial charge on any atom is -0.323 e. The first kappa shape index (κ1) is 12.9. The zero-order valence-electron chi connectivity index (χ0n) is 9.03. The number of amides is 1. The smallest absolute Gasteiger partial charge is 0.241 e. The van der Waals surface area contributed by atoms with E-state index in [4.69, 9.17) is 5.73 Å². The summed E-state index contributed by atoms with van der Waals surface area (Å²) >= 11 is 3.25. The first-order valence-corrected chi connectivity index (χ1v) is 5.64.